The summed E-state index contributed by atoms with van der Waals surface area (Å²) in [6.45, 7) is -0.491. The number of rotatable bonds is 5. The zero-order valence-corrected chi connectivity index (χ0v) is 10.8. The van der Waals surface area contributed by atoms with E-state index in [1.54, 1.807) is 6.07 Å². The van der Waals surface area contributed by atoms with E-state index in [0.29, 0.717) is 0 Å². The minimum Gasteiger partial charge on any atom is -0.454 e. The number of Topliss-reactive ketones (excluding diaryl/α,β-unsaturated/α-hetero) is 1. The van der Waals surface area contributed by atoms with E-state index in [9.17, 15) is 19.7 Å². The highest BCUT2D eigenvalue weighted by Crippen LogP contribution is 2.13. The summed E-state index contributed by atoms with van der Waals surface area (Å²) in [6.07, 6.45) is 2.82. The molecular weight excluding hydrogens is 276 g/mol. The summed E-state index contributed by atoms with van der Waals surface area (Å²) in [5.74, 6) is -1.20. The zero-order valence-electron chi connectivity index (χ0n) is 10.8. The van der Waals surface area contributed by atoms with E-state index in [1.165, 1.54) is 36.7 Å². The first-order chi connectivity index (χ1) is 10.1. The lowest BCUT2D eigenvalue weighted by atomic mass is 10.1. The summed E-state index contributed by atoms with van der Waals surface area (Å²) in [6, 6.07) is 8.31. The van der Waals surface area contributed by atoms with Crippen LogP contribution >= 0.6 is 0 Å². The zero-order chi connectivity index (χ0) is 15.2. The maximum Gasteiger partial charge on any atom is 0.340 e. The van der Waals surface area contributed by atoms with Gasteiger partial charge in [-0.05, 0) is 12.1 Å². The first kappa shape index (κ1) is 14.3. The Morgan fingerprint density at radius 3 is 2.62 bits per heavy atom. The van der Waals surface area contributed by atoms with E-state index >= 15 is 0 Å². The molecule has 106 valence electrons. The van der Waals surface area contributed by atoms with Gasteiger partial charge < -0.3 is 4.74 Å². The van der Waals surface area contributed by atoms with Gasteiger partial charge in [-0.25, -0.2) is 4.79 Å². The Morgan fingerprint density at radius 2 is 1.95 bits per heavy atom. The number of esters is 1. The van der Waals surface area contributed by atoms with Crippen molar-refractivity contribution in [3.8, 4) is 0 Å². The molecule has 1 heterocycles. The van der Waals surface area contributed by atoms with Crippen molar-refractivity contribution in [3.05, 3.63) is 70.0 Å². The molecule has 21 heavy (non-hydrogen) atoms. The summed E-state index contributed by atoms with van der Waals surface area (Å²) >= 11 is 0. The standard InChI is InChI=1S/C14H10N2O5/c17-13(10-3-1-5-12(7-10)16(19)20)9-21-14(18)11-4-2-6-15-8-11/h1-8H,9H2. The molecule has 1 aromatic heterocycles. The summed E-state index contributed by atoms with van der Waals surface area (Å²) in [4.78, 5) is 37.3. The Kier molecular flexibility index (Phi) is 4.35. The van der Waals surface area contributed by atoms with Crippen LogP contribution in [0.5, 0.6) is 0 Å². The minimum absolute atomic E-state index is 0.114. The smallest absolute Gasteiger partial charge is 0.340 e. The van der Waals surface area contributed by atoms with Gasteiger partial charge in [0.25, 0.3) is 5.69 Å². The predicted molar refractivity (Wildman–Crippen MR) is 71.9 cm³/mol. The number of aromatic nitrogens is 1. The van der Waals surface area contributed by atoms with Gasteiger partial charge in [0.15, 0.2) is 6.61 Å². The largest absolute Gasteiger partial charge is 0.454 e. The van der Waals surface area contributed by atoms with Crippen molar-refractivity contribution in [2.24, 2.45) is 0 Å². The van der Waals surface area contributed by atoms with Crippen LogP contribution < -0.4 is 0 Å². The Bertz CT molecular complexity index is 685. The Morgan fingerprint density at radius 1 is 1.19 bits per heavy atom. The van der Waals surface area contributed by atoms with E-state index in [4.69, 9.17) is 4.74 Å². The molecule has 0 radical (unpaired) electrons. The van der Waals surface area contributed by atoms with Gasteiger partial charge >= 0.3 is 5.97 Å². The average Bonchev–Trinajstić information content (AvgIpc) is 2.53. The van der Waals surface area contributed by atoms with E-state index in [1.807, 2.05) is 0 Å². The van der Waals surface area contributed by atoms with Gasteiger partial charge in [-0.2, -0.15) is 0 Å². The van der Waals surface area contributed by atoms with Crippen LogP contribution in [-0.2, 0) is 4.74 Å². The second kappa shape index (κ2) is 6.38. The van der Waals surface area contributed by atoms with Crippen molar-refractivity contribution in [2.45, 2.75) is 0 Å². The highest BCUT2D eigenvalue weighted by atomic mass is 16.6. The van der Waals surface area contributed by atoms with Gasteiger partial charge in [-0.15, -0.1) is 0 Å². The number of nitro benzene ring substituents is 1. The topological polar surface area (TPSA) is 99.4 Å². The molecule has 2 aromatic rings. The van der Waals surface area contributed by atoms with Gasteiger partial charge in [-0.1, -0.05) is 12.1 Å². The molecule has 7 nitrogen and oxygen atoms in total. The lowest BCUT2D eigenvalue weighted by molar-refractivity contribution is -0.384. The molecular formula is C14H10N2O5. The third kappa shape index (κ3) is 3.69. The molecule has 0 aliphatic rings. The van der Waals surface area contributed by atoms with Crippen molar-refractivity contribution < 1.29 is 19.2 Å². The third-order valence-electron chi connectivity index (χ3n) is 2.61. The summed E-state index contributed by atoms with van der Waals surface area (Å²) in [5, 5.41) is 10.6. The first-order valence-corrected chi connectivity index (χ1v) is 5.93. The first-order valence-electron chi connectivity index (χ1n) is 5.93. The monoisotopic (exact) mass is 286 g/mol. The number of hydrogen-bond acceptors (Lipinski definition) is 6. The normalized spacial score (nSPS) is 9.90. The van der Waals surface area contributed by atoms with Crippen molar-refractivity contribution >= 4 is 17.4 Å². The van der Waals surface area contributed by atoms with E-state index < -0.39 is 23.3 Å². The molecule has 0 saturated carbocycles. The van der Waals surface area contributed by atoms with Gasteiger partial charge in [0.2, 0.25) is 5.78 Å². The van der Waals surface area contributed by atoms with Crippen molar-refractivity contribution in [1.29, 1.82) is 0 Å². The molecule has 0 unspecified atom stereocenters. The fourth-order valence-corrected chi connectivity index (χ4v) is 1.57. The lowest BCUT2D eigenvalue weighted by Crippen LogP contribution is -2.14. The summed E-state index contributed by atoms with van der Waals surface area (Å²) in [5.41, 5.74) is 0.145. The molecule has 1 aromatic carbocycles. The molecule has 0 bridgehead atoms. The van der Waals surface area contributed by atoms with Gasteiger partial charge in [0.1, 0.15) is 0 Å². The quantitative estimate of drug-likeness (QED) is 0.361. The van der Waals surface area contributed by atoms with Crippen LogP contribution in [0.15, 0.2) is 48.8 Å². The molecule has 7 heteroatoms. The average molecular weight is 286 g/mol. The number of ether oxygens (including phenoxy) is 1. The van der Waals surface area contributed by atoms with Crippen molar-refractivity contribution in [3.63, 3.8) is 0 Å². The fourth-order valence-electron chi connectivity index (χ4n) is 1.57. The number of carbonyl (C=O) groups is 2. The Hall–Kier alpha value is -3.09. The van der Waals surface area contributed by atoms with Gasteiger partial charge in [0, 0.05) is 30.1 Å². The number of benzene rings is 1. The highest BCUT2D eigenvalue weighted by Gasteiger charge is 2.14. The summed E-state index contributed by atoms with van der Waals surface area (Å²) in [7, 11) is 0. The molecule has 0 atom stereocenters. The number of carbonyl (C=O) groups excluding carboxylic acids is 2. The van der Waals surface area contributed by atoms with Crippen LogP contribution in [0.4, 0.5) is 5.69 Å². The number of nitro groups is 1. The maximum atomic E-state index is 11.8. The molecule has 0 fully saturated rings. The Labute approximate surface area is 119 Å². The van der Waals surface area contributed by atoms with Crippen LogP contribution in [-0.4, -0.2) is 28.3 Å². The third-order valence-corrected chi connectivity index (χ3v) is 2.61. The molecule has 0 amide bonds. The number of non-ortho nitro benzene ring substituents is 1. The van der Waals surface area contributed by atoms with Crippen molar-refractivity contribution in [2.75, 3.05) is 6.61 Å². The second-order valence-corrected chi connectivity index (χ2v) is 4.05. The second-order valence-electron chi connectivity index (χ2n) is 4.05. The Balaban J connectivity index is 2.01. The molecule has 0 N–H and O–H groups in total. The van der Waals surface area contributed by atoms with Crippen LogP contribution in [0.25, 0.3) is 0 Å². The minimum atomic E-state index is -0.679. The molecule has 0 spiro atoms. The molecule has 0 saturated heterocycles. The van der Waals surface area contributed by atoms with Crippen LogP contribution in [0.3, 0.4) is 0 Å². The van der Waals surface area contributed by atoms with Crippen molar-refractivity contribution in [1.82, 2.24) is 4.98 Å². The maximum absolute atomic E-state index is 11.8. The molecule has 0 aliphatic carbocycles. The van der Waals surface area contributed by atoms with E-state index in [-0.39, 0.29) is 16.8 Å². The molecule has 0 aliphatic heterocycles. The number of pyridine rings is 1. The fraction of sp³-hybridized carbons (Fsp3) is 0.0714. The number of nitrogens with zero attached hydrogens (tertiary/aromatic N) is 2. The van der Waals surface area contributed by atoms with Crippen LogP contribution in [0, 0.1) is 10.1 Å². The van der Waals surface area contributed by atoms with Gasteiger partial charge in [-0.3, -0.25) is 19.9 Å². The van der Waals surface area contributed by atoms with E-state index in [0.717, 1.165) is 6.07 Å². The SMILES string of the molecule is O=C(COC(=O)c1cccnc1)c1cccc([N+](=O)[O-])c1. The number of ketones is 1. The molecule has 2 rings (SSSR count). The summed E-state index contributed by atoms with van der Waals surface area (Å²) < 4.78 is 4.85. The highest BCUT2D eigenvalue weighted by molar-refractivity contribution is 5.99. The number of hydrogen-bond donors (Lipinski definition) is 0. The predicted octanol–water partition coefficient (Wildman–Crippen LogP) is 2.03. The van der Waals surface area contributed by atoms with E-state index in [2.05, 4.69) is 4.98 Å². The van der Waals surface area contributed by atoms with Crippen LogP contribution in [0.2, 0.25) is 0 Å². The lowest BCUT2D eigenvalue weighted by Gasteiger charge is -2.04. The van der Waals surface area contributed by atoms with Gasteiger partial charge in [0.05, 0.1) is 10.5 Å². The van der Waals surface area contributed by atoms with Crippen LogP contribution in [0.1, 0.15) is 20.7 Å².